The zero-order chi connectivity index (χ0) is 14.3. The van der Waals surface area contributed by atoms with Crippen molar-refractivity contribution < 1.29 is 4.42 Å². The zero-order valence-electron chi connectivity index (χ0n) is 11.2. The Morgan fingerprint density at radius 3 is 2.65 bits per heavy atom. The molecule has 0 fully saturated rings. The van der Waals surface area contributed by atoms with Crippen LogP contribution in [0, 0.1) is 0 Å². The fraction of sp³-hybridized carbons (Fsp3) is 0.267. The van der Waals surface area contributed by atoms with Crippen LogP contribution in [0.1, 0.15) is 36.9 Å². The third kappa shape index (κ3) is 2.11. The largest absolute Gasteiger partial charge is 0.467 e. The number of imidazole rings is 1. The monoisotopic (exact) mass is 308 g/mol. The first-order valence-electron chi connectivity index (χ1n) is 6.43. The van der Waals surface area contributed by atoms with Gasteiger partial charge in [-0.25, -0.2) is 4.98 Å². The van der Waals surface area contributed by atoms with Crippen molar-refractivity contribution in [3.63, 3.8) is 0 Å². The van der Waals surface area contributed by atoms with Gasteiger partial charge in [0, 0.05) is 0 Å². The number of halogens is 2. The molecule has 1 aromatic carbocycles. The molecule has 2 atom stereocenters. The molecule has 0 aliphatic rings. The lowest BCUT2D eigenvalue weighted by Gasteiger charge is -2.17. The van der Waals surface area contributed by atoms with E-state index in [9.17, 15) is 0 Å². The first kappa shape index (κ1) is 13.5. The van der Waals surface area contributed by atoms with E-state index in [0.29, 0.717) is 5.02 Å². The Bertz CT molecular complexity index is 732. The molecule has 0 spiro atoms. The van der Waals surface area contributed by atoms with E-state index in [2.05, 4.69) is 4.98 Å². The first-order valence-corrected chi connectivity index (χ1v) is 7.25. The average Bonchev–Trinajstić information content (AvgIpc) is 3.06. The third-order valence-electron chi connectivity index (χ3n) is 3.39. The van der Waals surface area contributed by atoms with Crippen molar-refractivity contribution in [2.75, 3.05) is 0 Å². The fourth-order valence-electron chi connectivity index (χ4n) is 2.45. The molecule has 20 heavy (non-hydrogen) atoms. The van der Waals surface area contributed by atoms with Gasteiger partial charge in [0.15, 0.2) is 0 Å². The molecule has 0 amide bonds. The second-order valence-electron chi connectivity index (χ2n) is 4.75. The lowest BCUT2D eigenvalue weighted by molar-refractivity contribution is 0.444. The van der Waals surface area contributed by atoms with Crippen LogP contribution in [0.5, 0.6) is 0 Å². The van der Waals surface area contributed by atoms with E-state index < -0.39 is 0 Å². The Labute approximate surface area is 127 Å². The molecule has 0 radical (unpaired) electrons. The molecule has 3 aromatic rings. The van der Waals surface area contributed by atoms with E-state index in [-0.39, 0.29) is 11.4 Å². The van der Waals surface area contributed by atoms with Gasteiger partial charge in [-0.15, -0.1) is 11.6 Å². The van der Waals surface area contributed by atoms with Crippen LogP contribution in [-0.2, 0) is 0 Å². The number of furan rings is 1. The predicted molar refractivity (Wildman–Crippen MR) is 81.5 cm³/mol. The number of hydrogen-bond donors (Lipinski definition) is 0. The fourth-order valence-corrected chi connectivity index (χ4v) is 2.87. The highest BCUT2D eigenvalue weighted by molar-refractivity contribution is 6.35. The second-order valence-corrected chi connectivity index (χ2v) is 5.82. The highest BCUT2D eigenvalue weighted by Crippen LogP contribution is 2.34. The van der Waals surface area contributed by atoms with Gasteiger partial charge in [0.1, 0.15) is 11.6 Å². The normalized spacial score (nSPS) is 14.6. The molecule has 0 aliphatic heterocycles. The van der Waals surface area contributed by atoms with Gasteiger partial charge in [-0.1, -0.05) is 17.7 Å². The topological polar surface area (TPSA) is 31.0 Å². The van der Waals surface area contributed by atoms with Crippen LogP contribution < -0.4 is 0 Å². The van der Waals surface area contributed by atoms with Crippen molar-refractivity contribution in [2.24, 2.45) is 0 Å². The van der Waals surface area contributed by atoms with Gasteiger partial charge in [0.05, 0.1) is 33.7 Å². The number of rotatable bonds is 3. The number of nitrogens with zero attached hydrogens (tertiary/aromatic N) is 2. The average molecular weight is 309 g/mol. The maximum absolute atomic E-state index is 6.35. The van der Waals surface area contributed by atoms with Crippen molar-refractivity contribution in [2.45, 2.75) is 25.3 Å². The molecule has 2 aromatic heterocycles. The zero-order valence-corrected chi connectivity index (χ0v) is 12.7. The molecule has 3 nitrogen and oxygen atoms in total. The van der Waals surface area contributed by atoms with E-state index in [1.54, 1.807) is 6.26 Å². The Morgan fingerprint density at radius 2 is 2.00 bits per heavy atom. The second kappa shape index (κ2) is 5.15. The van der Waals surface area contributed by atoms with E-state index in [1.165, 1.54) is 0 Å². The van der Waals surface area contributed by atoms with Crippen LogP contribution in [0.3, 0.4) is 0 Å². The Balaban J connectivity index is 2.29. The van der Waals surface area contributed by atoms with Crippen LogP contribution in [0.25, 0.3) is 11.0 Å². The number of alkyl halides is 1. The predicted octanol–water partition coefficient (Wildman–Crippen LogP) is 5.19. The Kier molecular flexibility index (Phi) is 3.48. The maximum atomic E-state index is 6.35. The standard InChI is InChI=1S/C15H14Cl2N2O/c1-9(16)15-18-12-6-3-5-11(17)14(12)19(15)10(2)13-7-4-8-20-13/h3-10H,1-2H3. The van der Waals surface area contributed by atoms with Gasteiger partial charge in [-0.05, 0) is 38.1 Å². The molecule has 104 valence electrons. The third-order valence-corrected chi connectivity index (χ3v) is 3.89. The molecular formula is C15H14Cl2N2O. The SMILES string of the molecule is CC(Cl)c1nc2cccc(Cl)c2n1C(C)c1ccco1. The summed E-state index contributed by atoms with van der Waals surface area (Å²) in [5.41, 5.74) is 1.74. The van der Waals surface area contributed by atoms with Gasteiger partial charge in [-0.2, -0.15) is 0 Å². The van der Waals surface area contributed by atoms with Crippen LogP contribution >= 0.6 is 23.2 Å². The van der Waals surface area contributed by atoms with Crippen molar-refractivity contribution in [1.82, 2.24) is 9.55 Å². The van der Waals surface area contributed by atoms with Crippen LogP contribution in [0.15, 0.2) is 41.0 Å². The smallest absolute Gasteiger partial charge is 0.128 e. The summed E-state index contributed by atoms with van der Waals surface area (Å²) in [4.78, 5) is 4.61. The van der Waals surface area contributed by atoms with Gasteiger partial charge in [0.2, 0.25) is 0 Å². The summed E-state index contributed by atoms with van der Waals surface area (Å²) in [5, 5.41) is 0.452. The minimum atomic E-state index is -0.212. The molecule has 2 unspecified atom stereocenters. The summed E-state index contributed by atoms with van der Waals surface area (Å²) in [7, 11) is 0. The summed E-state index contributed by atoms with van der Waals surface area (Å²) in [6, 6.07) is 9.48. The first-order chi connectivity index (χ1) is 9.59. The van der Waals surface area contributed by atoms with Gasteiger partial charge < -0.3 is 8.98 Å². The van der Waals surface area contributed by atoms with Crippen molar-refractivity contribution in [1.29, 1.82) is 0 Å². The number of hydrogen-bond acceptors (Lipinski definition) is 2. The van der Waals surface area contributed by atoms with Crippen molar-refractivity contribution in [3.8, 4) is 0 Å². The summed E-state index contributed by atoms with van der Waals surface area (Å²) in [6.45, 7) is 3.95. The molecule has 2 heterocycles. The maximum Gasteiger partial charge on any atom is 0.128 e. The number of para-hydroxylation sites is 1. The molecule has 0 N–H and O–H groups in total. The van der Waals surface area contributed by atoms with E-state index in [1.807, 2.05) is 48.7 Å². The quantitative estimate of drug-likeness (QED) is 0.623. The molecular weight excluding hydrogens is 295 g/mol. The van der Waals surface area contributed by atoms with Gasteiger partial charge in [-0.3, -0.25) is 0 Å². The van der Waals surface area contributed by atoms with Crippen LogP contribution in [0.2, 0.25) is 5.02 Å². The minimum Gasteiger partial charge on any atom is -0.467 e. The summed E-state index contributed by atoms with van der Waals surface area (Å²) >= 11 is 12.6. The molecule has 0 saturated heterocycles. The molecule has 0 saturated carbocycles. The molecule has 5 heteroatoms. The number of fused-ring (bicyclic) bond motifs is 1. The number of aromatic nitrogens is 2. The Morgan fingerprint density at radius 1 is 1.20 bits per heavy atom. The van der Waals surface area contributed by atoms with Crippen LogP contribution in [0.4, 0.5) is 0 Å². The highest BCUT2D eigenvalue weighted by Gasteiger charge is 2.22. The lowest BCUT2D eigenvalue weighted by atomic mass is 10.2. The van der Waals surface area contributed by atoms with E-state index >= 15 is 0 Å². The van der Waals surface area contributed by atoms with Gasteiger partial charge in [0.25, 0.3) is 0 Å². The van der Waals surface area contributed by atoms with E-state index in [4.69, 9.17) is 27.6 Å². The number of benzene rings is 1. The molecule has 0 bridgehead atoms. The summed E-state index contributed by atoms with van der Waals surface area (Å²) in [5.74, 6) is 1.64. The lowest BCUT2D eigenvalue weighted by Crippen LogP contribution is -2.10. The summed E-state index contributed by atoms with van der Waals surface area (Å²) in [6.07, 6.45) is 1.66. The van der Waals surface area contributed by atoms with E-state index in [0.717, 1.165) is 22.6 Å². The Hall–Kier alpha value is -1.45. The van der Waals surface area contributed by atoms with Gasteiger partial charge >= 0.3 is 0 Å². The molecule has 0 aliphatic carbocycles. The van der Waals surface area contributed by atoms with Crippen molar-refractivity contribution >= 4 is 34.2 Å². The minimum absolute atomic E-state index is 0.0221. The van der Waals surface area contributed by atoms with Crippen molar-refractivity contribution in [3.05, 3.63) is 53.2 Å². The van der Waals surface area contributed by atoms with Crippen LogP contribution in [-0.4, -0.2) is 9.55 Å². The summed E-state index contributed by atoms with van der Waals surface area (Å²) < 4.78 is 7.56. The highest BCUT2D eigenvalue weighted by atomic mass is 35.5. The molecule has 3 rings (SSSR count).